The summed E-state index contributed by atoms with van der Waals surface area (Å²) in [4.78, 5) is 2.39. The van der Waals surface area contributed by atoms with Gasteiger partial charge in [0, 0.05) is 6.54 Å². The van der Waals surface area contributed by atoms with Crippen molar-refractivity contribution in [3.05, 3.63) is 53.6 Å². The Hall–Kier alpha value is -2.16. The van der Waals surface area contributed by atoms with Gasteiger partial charge in [-0.05, 0) is 43.0 Å². The minimum Gasteiger partial charge on any atom is -0.483 e. The van der Waals surface area contributed by atoms with Crippen molar-refractivity contribution in [1.82, 2.24) is 0 Å². The van der Waals surface area contributed by atoms with Gasteiger partial charge in [-0.15, -0.1) is 0 Å². The Balaban J connectivity index is 2.03. The van der Waals surface area contributed by atoms with E-state index in [1.54, 1.807) is 0 Å². The Morgan fingerprint density at radius 3 is 2.52 bits per heavy atom. The molecule has 0 amide bonds. The van der Waals surface area contributed by atoms with Crippen molar-refractivity contribution in [1.29, 1.82) is 0 Å². The molecule has 0 saturated heterocycles. The fraction of sp³-hybridized carbons (Fsp3) is 0.400. The van der Waals surface area contributed by atoms with Crippen molar-refractivity contribution in [3.8, 4) is 5.75 Å². The summed E-state index contributed by atoms with van der Waals surface area (Å²) < 4.78 is 6.38. The van der Waals surface area contributed by atoms with Gasteiger partial charge in [-0.25, -0.2) is 0 Å². The van der Waals surface area contributed by atoms with Crippen LogP contribution in [0.3, 0.4) is 0 Å². The maximum atomic E-state index is 6.38. The highest BCUT2D eigenvalue weighted by Gasteiger charge is 2.37. The molecule has 0 radical (unpaired) electrons. The van der Waals surface area contributed by atoms with Gasteiger partial charge in [0.25, 0.3) is 0 Å². The first kappa shape index (κ1) is 15.7. The van der Waals surface area contributed by atoms with Crippen LogP contribution in [0.25, 0.3) is 0 Å². The second kappa shape index (κ2) is 6.15. The van der Waals surface area contributed by atoms with E-state index < -0.39 is 0 Å². The molecule has 2 aromatic carbocycles. The number of nitrogens with zero attached hydrogens (tertiary/aromatic N) is 1. The van der Waals surface area contributed by atoms with Crippen molar-refractivity contribution in [2.45, 2.75) is 45.8 Å². The molecule has 0 fully saturated rings. The van der Waals surface area contributed by atoms with E-state index in [0.29, 0.717) is 0 Å². The highest BCUT2D eigenvalue weighted by atomic mass is 16.5. The first-order chi connectivity index (χ1) is 11.1. The molecule has 122 valence electrons. The van der Waals surface area contributed by atoms with Gasteiger partial charge >= 0.3 is 0 Å². The van der Waals surface area contributed by atoms with E-state index in [1.807, 2.05) is 18.2 Å². The molecule has 2 aromatic rings. The molecule has 3 heteroatoms. The second-order valence-corrected chi connectivity index (χ2v) is 6.47. The SMILES string of the molecule is CCC1(CC)CN(Cc2ccccc2C)c2c(N)cccc2O1. The number of para-hydroxylation sites is 1. The highest BCUT2D eigenvalue weighted by Crippen LogP contribution is 2.43. The van der Waals surface area contributed by atoms with Crippen molar-refractivity contribution >= 4 is 11.4 Å². The molecule has 0 aliphatic carbocycles. The number of fused-ring (bicyclic) bond motifs is 1. The summed E-state index contributed by atoms with van der Waals surface area (Å²) in [6.07, 6.45) is 1.98. The number of hydrogen-bond acceptors (Lipinski definition) is 3. The Bertz CT molecular complexity index is 692. The maximum Gasteiger partial charge on any atom is 0.145 e. The molecule has 0 atom stereocenters. The van der Waals surface area contributed by atoms with E-state index in [1.165, 1.54) is 11.1 Å². The molecular formula is C20H26N2O. The van der Waals surface area contributed by atoms with Gasteiger partial charge in [-0.1, -0.05) is 44.2 Å². The number of rotatable bonds is 4. The van der Waals surface area contributed by atoms with Gasteiger partial charge < -0.3 is 15.4 Å². The third-order valence-corrected chi connectivity index (χ3v) is 5.06. The van der Waals surface area contributed by atoms with Crippen molar-refractivity contribution in [2.75, 3.05) is 17.2 Å². The minimum atomic E-state index is -0.135. The van der Waals surface area contributed by atoms with Gasteiger partial charge in [-0.3, -0.25) is 0 Å². The first-order valence-electron chi connectivity index (χ1n) is 8.45. The summed E-state index contributed by atoms with van der Waals surface area (Å²) in [6, 6.07) is 14.5. The average molecular weight is 310 g/mol. The molecule has 0 aromatic heterocycles. The van der Waals surface area contributed by atoms with Crippen LogP contribution >= 0.6 is 0 Å². The molecule has 0 spiro atoms. The summed E-state index contributed by atoms with van der Waals surface area (Å²) in [5.41, 5.74) is 10.6. The van der Waals surface area contributed by atoms with Gasteiger partial charge in [0.15, 0.2) is 0 Å². The molecule has 1 heterocycles. The Morgan fingerprint density at radius 2 is 1.83 bits per heavy atom. The van der Waals surface area contributed by atoms with E-state index in [4.69, 9.17) is 10.5 Å². The minimum absolute atomic E-state index is 0.135. The van der Waals surface area contributed by atoms with Gasteiger partial charge in [-0.2, -0.15) is 0 Å². The van der Waals surface area contributed by atoms with E-state index in [9.17, 15) is 0 Å². The van der Waals surface area contributed by atoms with Crippen LogP contribution < -0.4 is 15.4 Å². The van der Waals surface area contributed by atoms with E-state index in [-0.39, 0.29) is 5.60 Å². The monoisotopic (exact) mass is 310 g/mol. The number of anilines is 2. The third kappa shape index (κ3) is 2.88. The van der Waals surface area contributed by atoms with Gasteiger partial charge in [0.05, 0.1) is 12.2 Å². The first-order valence-corrected chi connectivity index (χ1v) is 8.45. The van der Waals surface area contributed by atoms with Crippen LogP contribution in [-0.4, -0.2) is 12.1 Å². The second-order valence-electron chi connectivity index (χ2n) is 6.47. The largest absolute Gasteiger partial charge is 0.483 e. The van der Waals surface area contributed by atoms with E-state index >= 15 is 0 Å². The predicted molar refractivity (Wildman–Crippen MR) is 97.0 cm³/mol. The summed E-state index contributed by atoms with van der Waals surface area (Å²) in [6.45, 7) is 8.30. The molecule has 23 heavy (non-hydrogen) atoms. The fourth-order valence-electron chi connectivity index (χ4n) is 3.40. The summed E-state index contributed by atoms with van der Waals surface area (Å²) in [5, 5.41) is 0. The van der Waals surface area contributed by atoms with Crippen LogP contribution in [0.1, 0.15) is 37.8 Å². The third-order valence-electron chi connectivity index (χ3n) is 5.06. The van der Waals surface area contributed by atoms with E-state index in [2.05, 4.69) is 49.9 Å². The molecular weight excluding hydrogens is 284 g/mol. The Morgan fingerprint density at radius 1 is 1.09 bits per heavy atom. The molecule has 2 N–H and O–H groups in total. The van der Waals surface area contributed by atoms with Crippen LogP contribution in [0.15, 0.2) is 42.5 Å². The summed E-state index contributed by atoms with van der Waals surface area (Å²) >= 11 is 0. The van der Waals surface area contributed by atoms with Crippen LogP contribution in [0.2, 0.25) is 0 Å². The molecule has 0 saturated carbocycles. The summed E-state index contributed by atoms with van der Waals surface area (Å²) in [7, 11) is 0. The molecule has 1 aliphatic rings. The lowest BCUT2D eigenvalue weighted by molar-refractivity contribution is 0.0572. The average Bonchev–Trinajstić information content (AvgIpc) is 2.56. The molecule has 0 unspecified atom stereocenters. The number of aryl methyl sites for hydroxylation is 1. The van der Waals surface area contributed by atoms with Crippen LogP contribution in [0, 0.1) is 6.92 Å². The molecule has 0 bridgehead atoms. The van der Waals surface area contributed by atoms with Gasteiger partial charge in [0.2, 0.25) is 0 Å². The quantitative estimate of drug-likeness (QED) is 0.843. The Kier molecular flexibility index (Phi) is 4.20. The topological polar surface area (TPSA) is 38.5 Å². The van der Waals surface area contributed by atoms with Crippen LogP contribution in [0.5, 0.6) is 5.75 Å². The summed E-state index contributed by atoms with van der Waals surface area (Å²) in [5.74, 6) is 0.911. The number of benzene rings is 2. The predicted octanol–water partition coefficient (Wildman–Crippen LogP) is 4.54. The van der Waals surface area contributed by atoms with Crippen molar-refractivity contribution < 1.29 is 4.74 Å². The van der Waals surface area contributed by atoms with Gasteiger partial charge in [0.1, 0.15) is 17.0 Å². The van der Waals surface area contributed by atoms with E-state index in [0.717, 1.165) is 43.1 Å². The lowest BCUT2D eigenvalue weighted by atomic mass is 9.93. The normalized spacial score (nSPS) is 15.9. The van der Waals surface area contributed by atoms with Crippen LogP contribution in [0.4, 0.5) is 11.4 Å². The van der Waals surface area contributed by atoms with Crippen molar-refractivity contribution in [3.63, 3.8) is 0 Å². The molecule has 1 aliphatic heterocycles. The Labute approximate surface area is 139 Å². The number of nitrogen functional groups attached to an aromatic ring is 1. The van der Waals surface area contributed by atoms with Crippen LogP contribution in [-0.2, 0) is 6.54 Å². The zero-order valence-electron chi connectivity index (χ0n) is 14.3. The zero-order valence-corrected chi connectivity index (χ0v) is 14.3. The molecule has 3 nitrogen and oxygen atoms in total. The smallest absolute Gasteiger partial charge is 0.145 e. The number of nitrogens with two attached hydrogens (primary N) is 1. The number of ether oxygens (including phenoxy) is 1. The maximum absolute atomic E-state index is 6.38. The number of hydrogen-bond donors (Lipinski definition) is 1. The molecule has 3 rings (SSSR count). The lowest BCUT2D eigenvalue weighted by Gasteiger charge is -2.44. The highest BCUT2D eigenvalue weighted by molar-refractivity contribution is 5.76. The van der Waals surface area contributed by atoms with Crippen molar-refractivity contribution in [2.24, 2.45) is 0 Å². The standard InChI is InChI=1S/C20H26N2O/c1-4-20(5-2)14-22(13-16-10-7-6-9-15(16)3)19-17(21)11-8-12-18(19)23-20/h6-12H,4-5,13-14,21H2,1-3H3. The fourth-order valence-corrected chi connectivity index (χ4v) is 3.40. The zero-order chi connectivity index (χ0) is 16.4. The lowest BCUT2D eigenvalue weighted by Crippen LogP contribution is -2.50.